The predicted octanol–water partition coefficient (Wildman–Crippen LogP) is -11.6. The summed E-state index contributed by atoms with van der Waals surface area (Å²) in [7, 11) is 0. The van der Waals surface area contributed by atoms with Crippen LogP contribution in [-0.2, 0) is 52.2 Å². The molecule has 5 heterocycles. The topological polar surface area (TPSA) is 445 Å². The number of hydrogen-bond acceptors (Lipinski definition) is 26. The van der Waals surface area contributed by atoms with Gasteiger partial charge < -0.3 is 130 Å². The smallest absolute Gasteiger partial charge is 0.217 e. The van der Waals surface area contributed by atoms with Crippen molar-refractivity contribution in [1.82, 2.24) is 10.6 Å². The highest BCUT2D eigenvalue weighted by Gasteiger charge is 2.55. The highest BCUT2D eigenvalue weighted by atomic mass is 16.8. The number of nitrogens with one attached hydrogen (secondary N) is 2. The van der Waals surface area contributed by atoms with Crippen LogP contribution in [0, 0.1) is 0 Å². The fourth-order valence-corrected chi connectivity index (χ4v) is 7.73. The Morgan fingerprint density at radius 3 is 1.26 bits per heavy atom. The van der Waals surface area contributed by atoms with E-state index in [0.29, 0.717) is 0 Å². The fraction of sp³-hybridized carbons (Fsp3) is 0.941. The maximum absolute atomic E-state index is 12.3. The number of ether oxygens (including phenoxy) is 9. The monoisotopic (exact) mass is 910 g/mol. The van der Waals surface area contributed by atoms with Crippen LogP contribution >= 0.6 is 0 Å². The molecular formula is C34H58N2O26. The highest BCUT2D eigenvalue weighted by Crippen LogP contribution is 2.34. The molecule has 5 aliphatic heterocycles. The molecule has 5 rings (SSSR count). The summed E-state index contributed by atoms with van der Waals surface area (Å²) in [5.74, 6) is -1.49. The minimum Gasteiger partial charge on any atom is -0.394 e. The van der Waals surface area contributed by atoms with E-state index in [-0.39, 0.29) is 0 Å². The summed E-state index contributed by atoms with van der Waals surface area (Å²) < 4.78 is 50.4. The quantitative estimate of drug-likeness (QED) is 0.0725. The maximum Gasteiger partial charge on any atom is 0.217 e. The zero-order valence-corrected chi connectivity index (χ0v) is 33.2. The van der Waals surface area contributed by atoms with Crippen LogP contribution < -0.4 is 10.6 Å². The lowest BCUT2D eigenvalue weighted by Gasteiger charge is -2.49. The summed E-state index contributed by atoms with van der Waals surface area (Å²) in [5, 5.41) is 162. The molecule has 0 unspecified atom stereocenters. The fourth-order valence-electron chi connectivity index (χ4n) is 7.73. The molecule has 25 atom stereocenters. The second-order valence-corrected chi connectivity index (χ2v) is 15.5. The predicted molar refractivity (Wildman–Crippen MR) is 190 cm³/mol. The third-order valence-corrected chi connectivity index (χ3v) is 11.1. The molecule has 5 fully saturated rings. The Balaban J connectivity index is 1.29. The molecule has 2 amide bonds. The molecular weight excluding hydrogens is 852 g/mol. The summed E-state index contributed by atoms with van der Waals surface area (Å²) in [6.45, 7) is -2.17. The van der Waals surface area contributed by atoms with Crippen LogP contribution in [0.3, 0.4) is 0 Å². The van der Waals surface area contributed by atoms with E-state index in [1.54, 1.807) is 0 Å². The number of aliphatic hydroxyl groups is 15. The van der Waals surface area contributed by atoms with Crippen LogP contribution in [0.2, 0.25) is 0 Å². The molecule has 0 aromatic carbocycles. The molecule has 0 radical (unpaired) electrons. The van der Waals surface area contributed by atoms with Crippen molar-refractivity contribution in [2.24, 2.45) is 0 Å². The molecule has 28 heteroatoms. The first-order chi connectivity index (χ1) is 29.3. The molecule has 0 spiro atoms. The van der Waals surface area contributed by atoms with E-state index in [1.165, 1.54) is 0 Å². The van der Waals surface area contributed by atoms with Crippen molar-refractivity contribution < 1.29 is 129 Å². The summed E-state index contributed by atoms with van der Waals surface area (Å²) in [6, 6.07) is -3.15. The Hall–Kier alpha value is -2.02. The van der Waals surface area contributed by atoms with Crippen molar-refractivity contribution in [3.63, 3.8) is 0 Å². The first-order valence-electron chi connectivity index (χ1n) is 19.6. The molecule has 0 aliphatic carbocycles. The van der Waals surface area contributed by atoms with Crippen LogP contribution in [0.5, 0.6) is 0 Å². The standard InChI is InChI=1S/C34H58N2O26/c1-8(41)35-15-20(46)27(60-34-26(52)23(49)28(13(6-40)59-34)61-32-24(50)21(47)17(43)10(3-37)56-32)12(5-39)58-31(15)54-7-14-19(45)29(16(30(53)55-14)36-9(2)42)62-33-25(51)22(48)18(44)11(4-38)57-33/h10-34,37-40,43-53H,3-7H2,1-2H3,(H,35,41)(H,36,42)/t10-,11-,12-,13-,14-,15-,16-,17+,18+,19+,20-,21+,22+,23-,24-,25-,26-,27-,28+,29-,30+,31-,32+,33+,34+/m1/s1. The van der Waals surface area contributed by atoms with Gasteiger partial charge in [-0.15, -0.1) is 0 Å². The van der Waals surface area contributed by atoms with Crippen LogP contribution in [0.15, 0.2) is 0 Å². The van der Waals surface area contributed by atoms with Crippen molar-refractivity contribution in [3.8, 4) is 0 Å². The van der Waals surface area contributed by atoms with E-state index in [9.17, 15) is 86.2 Å². The van der Waals surface area contributed by atoms with E-state index in [2.05, 4.69) is 10.6 Å². The number of hydrogen-bond donors (Lipinski definition) is 17. The molecule has 28 nitrogen and oxygen atoms in total. The van der Waals surface area contributed by atoms with Gasteiger partial charge in [-0.25, -0.2) is 0 Å². The van der Waals surface area contributed by atoms with Gasteiger partial charge in [-0.1, -0.05) is 0 Å². The summed E-state index contributed by atoms with van der Waals surface area (Å²) >= 11 is 0. The molecule has 5 aliphatic rings. The first-order valence-corrected chi connectivity index (χ1v) is 19.6. The first kappa shape index (κ1) is 51.0. The van der Waals surface area contributed by atoms with Crippen molar-refractivity contribution in [2.45, 2.75) is 167 Å². The number of carbonyl (C=O) groups is 2. The Morgan fingerprint density at radius 1 is 0.419 bits per heavy atom. The minimum atomic E-state index is -2.08. The number of amides is 2. The van der Waals surface area contributed by atoms with E-state index in [0.717, 1.165) is 13.8 Å². The third kappa shape index (κ3) is 11.0. The van der Waals surface area contributed by atoms with Crippen LogP contribution in [-0.4, -0.2) is 275 Å². The SMILES string of the molecule is CC(=O)N[C@@H]1[C@@H](O[C@@H]2O[C@H](CO)[C@H](O)[C@H](O)[C@H]2O)[C@@H](O)[C@@H](CO[C@@H]2O[C@H](CO)[C@@H](O[C@@H]3O[C@H](CO)[C@H](O[C@@H]4O[C@H](CO)[C@H](O)[C@H](O)[C@H]4O)[C@H](O)[C@H]3O)[C@H](O)[C@H]2NC(C)=O)O[C@@H]1O. The zero-order valence-electron chi connectivity index (χ0n) is 33.2. The average Bonchev–Trinajstić information content (AvgIpc) is 3.23. The van der Waals surface area contributed by atoms with E-state index >= 15 is 0 Å². The van der Waals surface area contributed by atoms with Crippen LogP contribution in [0.1, 0.15) is 13.8 Å². The van der Waals surface area contributed by atoms with E-state index in [1.807, 2.05) is 0 Å². The van der Waals surface area contributed by atoms with Crippen molar-refractivity contribution >= 4 is 11.8 Å². The Morgan fingerprint density at radius 2 is 0.806 bits per heavy atom. The normalized spacial score (nSPS) is 49.0. The molecule has 0 aromatic rings. The van der Waals surface area contributed by atoms with Crippen molar-refractivity contribution in [2.75, 3.05) is 33.0 Å². The molecule has 0 saturated carbocycles. The molecule has 360 valence electrons. The van der Waals surface area contributed by atoms with Crippen molar-refractivity contribution in [3.05, 3.63) is 0 Å². The maximum atomic E-state index is 12.3. The average molecular weight is 911 g/mol. The minimum absolute atomic E-state index is 0.731. The summed E-state index contributed by atoms with van der Waals surface area (Å²) in [5.41, 5.74) is 0. The van der Waals surface area contributed by atoms with E-state index < -0.39 is 198 Å². The molecule has 17 N–H and O–H groups in total. The lowest BCUT2D eigenvalue weighted by molar-refractivity contribution is -0.376. The van der Waals surface area contributed by atoms with E-state index in [4.69, 9.17) is 42.6 Å². The number of aliphatic hydroxyl groups excluding tert-OH is 15. The van der Waals surface area contributed by atoms with Gasteiger partial charge in [0.25, 0.3) is 0 Å². The third-order valence-electron chi connectivity index (χ3n) is 11.1. The van der Waals surface area contributed by atoms with Gasteiger partial charge in [0.1, 0.15) is 122 Å². The zero-order chi connectivity index (χ0) is 45.9. The van der Waals surface area contributed by atoms with Gasteiger partial charge >= 0.3 is 0 Å². The summed E-state index contributed by atoms with van der Waals surface area (Å²) in [6.07, 6.45) is -41.1. The summed E-state index contributed by atoms with van der Waals surface area (Å²) in [4.78, 5) is 24.4. The highest BCUT2D eigenvalue weighted by molar-refractivity contribution is 5.73. The van der Waals surface area contributed by atoms with Crippen LogP contribution in [0.25, 0.3) is 0 Å². The second kappa shape index (κ2) is 22.0. The molecule has 62 heavy (non-hydrogen) atoms. The molecule has 0 bridgehead atoms. The van der Waals surface area contributed by atoms with Crippen LogP contribution in [0.4, 0.5) is 0 Å². The Kier molecular flexibility index (Phi) is 18.1. The second-order valence-electron chi connectivity index (χ2n) is 15.5. The van der Waals surface area contributed by atoms with Gasteiger partial charge in [0.15, 0.2) is 31.5 Å². The Bertz CT molecular complexity index is 1440. The number of carbonyl (C=O) groups excluding carboxylic acids is 2. The lowest BCUT2D eigenvalue weighted by Crippen LogP contribution is -2.69. The van der Waals surface area contributed by atoms with Gasteiger partial charge in [0, 0.05) is 13.8 Å². The lowest BCUT2D eigenvalue weighted by atomic mass is 9.94. The van der Waals surface area contributed by atoms with Gasteiger partial charge in [-0.05, 0) is 0 Å². The van der Waals surface area contributed by atoms with Gasteiger partial charge in [0.05, 0.1) is 33.0 Å². The Labute approximate surface area is 351 Å². The van der Waals surface area contributed by atoms with Crippen molar-refractivity contribution in [1.29, 1.82) is 0 Å². The largest absolute Gasteiger partial charge is 0.394 e. The molecule has 0 aromatic heterocycles. The number of rotatable bonds is 15. The van der Waals surface area contributed by atoms with Gasteiger partial charge in [-0.2, -0.15) is 0 Å². The van der Waals surface area contributed by atoms with Gasteiger partial charge in [0.2, 0.25) is 11.8 Å². The molecule has 5 saturated heterocycles. The van der Waals surface area contributed by atoms with Gasteiger partial charge in [-0.3, -0.25) is 9.59 Å².